The summed E-state index contributed by atoms with van der Waals surface area (Å²) in [6, 6.07) is 0. The quantitative estimate of drug-likeness (QED) is 0.316. The Hall–Kier alpha value is -0.260. The number of rotatable bonds is 5. The molecule has 0 fully saturated rings. The second kappa shape index (κ2) is 6.28. The van der Waals surface area contributed by atoms with E-state index in [9.17, 15) is 4.79 Å². The SMILES string of the molecule is CC(CN)CSC(C)C(=O)NN. The standard InChI is InChI=1S/C7H17N3OS/c1-5(3-8)4-12-6(2)7(11)10-9/h5-6H,3-4,8-9H2,1-2H3,(H,10,11). The highest BCUT2D eigenvalue weighted by molar-refractivity contribution is 8.00. The van der Waals surface area contributed by atoms with Crippen molar-refractivity contribution in [3.8, 4) is 0 Å². The monoisotopic (exact) mass is 191 g/mol. The van der Waals surface area contributed by atoms with Crippen LogP contribution < -0.4 is 17.0 Å². The van der Waals surface area contributed by atoms with Gasteiger partial charge >= 0.3 is 0 Å². The Morgan fingerprint density at radius 1 is 1.58 bits per heavy atom. The molecule has 0 saturated carbocycles. The van der Waals surface area contributed by atoms with Gasteiger partial charge in [0.25, 0.3) is 0 Å². The first-order valence-electron chi connectivity index (χ1n) is 3.94. The maximum Gasteiger partial charge on any atom is 0.246 e. The van der Waals surface area contributed by atoms with Gasteiger partial charge in [0.2, 0.25) is 5.91 Å². The van der Waals surface area contributed by atoms with Crippen molar-refractivity contribution < 1.29 is 4.79 Å². The lowest BCUT2D eigenvalue weighted by atomic mass is 10.2. The summed E-state index contributed by atoms with van der Waals surface area (Å²) in [7, 11) is 0. The molecule has 4 nitrogen and oxygen atoms in total. The van der Waals surface area contributed by atoms with Gasteiger partial charge in [-0.1, -0.05) is 6.92 Å². The molecule has 0 spiro atoms. The van der Waals surface area contributed by atoms with E-state index in [1.54, 1.807) is 11.8 Å². The Bertz CT molecular complexity index is 143. The number of carbonyl (C=O) groups is 1. The molecular weight excluding hydrogens is 174 g/mol. The number of hydrogen-bond donors (Lipinski definition) is 3. The van der Waals surface area contributed by atoms with Crippen molar-refractivity contribution in [2.75, 3.05) is 12.3 Å². The summed E-state index contributed by atoms with van der Waals surface area (Å²) >= 11 is 1.57. The molecule has 5 N–H and O–H groups in total. The number of hydrogen-bond acceptors (Lipinski definition) is 4. The van der Waals surface area contributed by atoms with Gasteiger partial charge in [-0.15, -0.1) is 11.8 Å². The minimum atomic E-state index is -0.135. The molecule has 0 aliphatic carbocycles. The second-order valence-electron chi connectivity index (χ2n) is 2.83. The molecule has 0 radical (unpaired) electrons. The summed E-state index contributed by atoms with van der Waals surface area (Å²) in [4.78, 5) is 10.9. The predicted molar refractivity (Wildman–Crippen MR) is 52.5 cm³/mol. The Labute approximate surface area is 77.4 Å². The Balaban J connectivity index is 3.56. The molecule has 12 heavy (non-hydrogen) atoms. The average molecular weight is 191 g/mol. The molecule has 0 heterocycles. The van der Waals surface area contributed by atoms with Crippen LogP contribution in [0.1, 0.15) is 13.8 Å². The molecule has 1 amide bonds. The molecule has 0 aromatic carbocycles. The topological polar surface area (TPSA) is 81.1 Å². The van der Waals surface area contributed by atoms with Crippen LogP contribution >= 0.6 is 11.8 Å². The largest absolute Gasteiger partial charge is 0.330 e. The van der Waals surface area contributed by atoms with Gasteiger partial charge in [-0.3, -0.25) is 10.2 Å². The fraction of sp³-hybridized carbons (Fsp3) is 0.857. The van der Waals surface area contributed by atoms with Crippen LogP contribution in [0, 0.1) is 5.92 Å². The molecule has 2 unspecified atom stereocenters. The molecule has 0 aliphatic heterocycles. The zero-order chi connectivity index (χ0) is 9.56. The third-order valence-electron chi connectivity index (χ3n) is 1.54. The van der Waals surface area contributed by atoms with E-state index in [4.69, 9.17) is 11.6 Å². The average Bonchev–Trinajstić information content (AvgIpc) is 2.11. The maximum absolute atomic E-state index is 10.9. The highest BCUT2D eigenvalue weighted by Crippen LogP contribution is 2.13. The molecule has 72 valence electrons. The maximum atomic E-state index is 10.9. The highest BCUT2D eigenvalue weighted by atomic mass is 32.2. The summed E-state index contributed by atoms with van der Waals surface area (Å²) in [5, 5.41) is -0.0935. The van der Waals surface area contributed by atoms with Gasteiger partial charge in [-0.2, -0.15) is 0 Å². The van der Waals surface area contributed by atoms with E-state index in [0.717, 1.165) is 5.75 Å². The second-order valence-corrected chi connectivity index (χ2v) is 4.20. The molecule has 0 aromatic heterocycles. The zero-order valence-electron chi connectivity index (χ0n) is 7.54. The smallest absolute Gasteiger partial charge is 0.246 e. The third kappa shape index (κ3) is 4.58. The molecule has 0 bridgehead atoms. The predicted octanol–water partition coefficient (Wildman–Crippen LogP) is -0.307. The van der Waals surface area contributed by atoms with Gasteiger partial charge in [0.1, 0.15) is 0 Å². The molecule has 2 atom stereocenters. The van der Waals surface area contributed by atoms with Crippen molar-refractivity contribution in [2.24, 2.45) is 17.5 Å². The minimum Gasteiger partial charge on any atom is -0.330 e. The van der Waals surface area contributed by atoms with E-state index in [0.29, 0.717) is 12.5 Å². The van der Waals surface area contributed by atoms with Crippen LogP contribution in [0.25, 0.3) is 0 Å². The first kappa shape index (κ1) is 11.7. The highest BCUT2D eigenvalue weighted by Gasteiger charge is 2.12. The summed E-state index contributed by atoms with van der Waals surface area (Å²) in [5.41, 5.74) is 7.54. The fourth-order valence-corrected chi connectivity index (χ4v) is 1.54. The molecule has 0 aromatic rings. The van der Waals surface area contributed by atoms with Crippen LogP contribution in [0.5, 0.6) is 0 Å². The number of hydrazine groups is 1. The fourth-order valence-electron chi connectivity index (χ4n) is 0.570. The van der Waals surface area contributed by atoms with Crippen molar-refractivity contribution in [1.82, 2.24) is 5.43 Å². The molecule has 0 saturated heterocycles. The molecule has 0 aliphatic rings. The first-order valence-corrected chi connectivity index (χ1v) is 4.98. The number of carbonyl (C=O) groups excluding carboxylic acids is 1. The van der Waals surface area contributed by atoms with Gasteiger partial charge in [0.15, 0.2) is 0 Å². The van der Waals surface area contributed by atoms with Crippen LogP contribution in [0.4, 0.5) is 0 Å². The van der Waals surface area contributed by atoms with Crippen molar-refractivity contribution >= 4 is 17.7 Å². The summed E-state index contributed by atoms with van der Waals surface area (Å²) < 4.78 is 0. The number of amides is 1. The Kier molecular flexibility index (Phi) is 6.14. The summed E-state index contributed by atoms with van der Waals surface area (Å²) in [6.07, 6.45) is 0. The Morgan fingerprint density at radius 2 is 2.17 bits per heavy atom. The van der Waals surface area contributed by atoms with Crippen molar-refractivity contribution in [2.45, 2.75) is 19.1 Å². The zero-order valence-corrected chi connectivity index (χ0v) is 8.36. The number of nitrogens with one attached hydrogen (secondary N) is 1. The van der Waals surface area contributed by atoms with Crippen molar-refractivity contribution in [3.05, 3.63) is 0 Å². The number of thioether (sulfide) groups is 1. The van der Waals surface area contributed by atoms with Crippen LogP contribution in [0.15, 0.2) is 0 Å². The van der Waals surface area contributed by atoms with Gasteiger partial charge in [-0.05, 0) is 25.1 Å². The lowest BCUT2D eigenvalue weighted by Gasteiger charge is -2.12. The summed E-state index contributed by atoms with van der Waals surface area (Å²) in [6.45, 7) is 4.54. The van der Waals surface area contributed by atoms with E-state index in [1.807, 2.05) is 6.92 Å². The minimum absolute atomic E-state index is 0.0935. The van der Waals surface area contributed by atoms with Crippen LogP contribution in [-0.4, -0.2) is 23.5 Å². The van der Waals surface area contributed by atoms with Gasteiger partial charge in [0, 0.05) is 0 Å². The van der Waals surface area contributed by atoms with Crippen molar-refractivity contribution in [1.29, 1.82) is 0 Å². The molecule has 0 rings (SSSR count). The van der Waals surface area contributed by atoms with Crippen molar-refractivity contribution in [3.63, 3.8) is 0 Å². The lowest BCUT2D eigenvalue weighted by Crippen LogP contribution is -2.36. The van der Waals surface area contributed by atoms with E-state index < -0.39 is 0 Å². The van der Waals surface area contributed by atoms with Crippen LogP contribution in [0.3, 0.4) is 0 Å². The van der Waals surface area contributed by atoms with Gasteiger partial charge in [-0.25, -0.2) is 5.84 Å². The van der Waals surface area contributed by atoms with E-state index >= 15 is 0 Å². The van der Waals surface area contributed by atoms with E-state index in [-0.39, 0.29) is 11.2 Å². The molecular formula is C7H17N3OS. The van der Waals surface area contributed by atoms with E-state index in [1.165, 1.54) is 0 Å². The lowest BCUT2D eigenvalue weighted by molar-refractivity contribution is -0.120. The first-order chi connectivity index (χ1) is 5.61. The third-order valence-corrected chi connectivity index (χ3v) is 3.02. The van der Waals surface area contributed by atoms with E-state index in [2.05, 4.69) is 12.3 Å². The molecule has 5 heteroatoms. The number of nitrogens with two attached hydrogens (primary N) is 2. The van der Waals surface area contributed by atoms with Crippen LogP contribution in [0.2, 0.25) is 0 Å². The summed E-state index contributed by atoms with van der Waals surface area (Å²) in [5.74, 6) is 6.18. The Morgan fingerprint density at radius 3 is 2.58 bits per heavy atom. The van der Waals surface area contributed by atoms with Gasteiger partial charge in [0.05, 0.1) is 5.25 Å². The van der Waals surface area contributed by atoms with Gasteiger partial charge < -0.3 is 5.73 Å². The van der Waals surface area contributed by atoms with Crippen LogP contribution in [-0.2, 0) is 4.79 Å². The normalized spacial score (nSPS) is 15.3.